The van der Waals surface area contributed by atoms with Crippen LogP contribution >= 0.6 is 0 Å². The highest BCUT2D eigenvalue weighted by Crippen LogP contribution is 2.27. The molecule has 1 fully saturated rings. The molecule has 1 aliphatic carbocycles. The Morgan fingerprint density at radius 2 is 1.85 bits per heavy atom. The minimum absolute atomic E-state index is 0.867. The number of aromatic nitrogens is 1. The average Bonchev–Trinajstić information content (AvgIpc) is 2.49. The molecule has 1 aromatic heterocycles. The van der Waals surface area contributed by atoms with Gasteiger partial charge in [-0.2, -0.15) is 0 Å². The first kappa shape index (κ1) is 13.6. The summed E-state index contributed by atoms with van der Waals surface area (Å²) in [5.74, 6) is 1.81. The second-order valence-electron chi connectivity index (χ2n) is 6.25. The van der Waals surface area contributed by atoms with E-state index in [9.17, 15) is 0 Å². The molecule has 0 radical (unpaired) electrons. The summed E-state index contributed by atoms with van der Waals surface area (Å²) >= 11 is 0. The maximum absolute atomic E-state index is 4.71. The zero-order chi connectivity index (χ0) is 13.8. The number of benzene rings is 1. The van der Waals surface area contributed by atoms with Gasteiger partial charge in [0.2, 0.25) is 0 Å². The van der Waals surface area contributed by atoms with Crippen molar-refractivity contribution in [1.82, 2.24) is 10.3 Å². The van der Waals surface area contributed by atoms with E-state index in [-0.39, 0.29) is 0 Å². The summed E-state index contributed by atoms with van der Waals surface area (Å²) in [6.45, 7) is 4.40. The van der Waals surface area contributed by atoms with Crippen LogP contribution in [0.3, 0.4) is 0 Å². The van der Waals surface area contributed by atoms with Crippen LogP contribution in [0.2, 0.25) is 0 Å². The van der Waals surface area contributed by atoms with Crippen LogP contribution in [0, 0.1) is 11.8 Å². The van der Waals surface area contributed by atoms with E-state index in [1.54, 1.807) is 0 Å². The van der Waals surface area contributed by atoms with Crippen molar-refractivity contribution in [2.45, 2.75) is 39.2 Å². The van der Waals surface area contributed by atoms with Crippen LogP contribution in [0.4, 0.5) is 0 Å². The van der Waals surface area contributed by atoms with Gasteiger partial charge in [-0.15, -0.1) is 0 Å². The lowest BCUT2D eigenvalue weighted by atomic mass is 9.83. The van der Waals surface area contributed by atoms with Crippen molar-refractivity contribution in [3.63, 3.8) is 0 Å². The molecule has 2 aromatic rings. The first-order valence-corrected chi connectivity index (χ1v) is 7.86. The summed E-state index contributed by atoms with van der Waals surface area (Å²) in [6.07, 6.45) is 5.58. The summed E-state index contributed by atoms with van der Waals surface area (Å²) in [6, 6.07) is 12.6. The van der Waals surface area contributed by atoms with Crippen LogP contribution < -0.4 is 5.32 Å². The molecule has 1 saturated carbocycles. The predicted molar refractivity (Wildman–Crippen MR) is 84.6 cm³/mol. The van der Waals surface area contributed by atoms with Crippen molar-refractivity contribution in [3.05, 3.63) is 42.1 Å². The van der Waals surface area contributed by atoms with Gasteiger partial charge in [-0.25, -0.2) is 0 Å². The van der Waals surface area contributed by atoms with E-state index < -0.39 is 0 Å². The van der Waals surface area contributed by atoms with E-state index in [0.717, 1.165) is 36.1 Å². The topological polar surface area (TPSA) is 24.9 Å². The first-order chi connectivity index (χ1) is 9.81. The van der Waals surface area contributed by atoms with Gasteiger partial charge in [-0.1, -0.05) is 44.0 Å². The number of hydrogen-bond donors (Lipinski definition) is 1. The van der Waals surface area contributed by atoms with Crippen molar-refractivity contribution in [1.29, 1.82) is 0 Å². The minimum Gasteiger partial charge on any atom is -0.311 e. The Kier molecular flexibility index (Phi) is 4.31. The van der Waals surface area contributed by atoms with Gasteiger partial charge >= 0.3 is 0 Å². The molecule has 1 heterocycles. The molecule has 0 aliphatic heterocycles. The van der Waals surface area contributed by atoms with Gasteiger partial charge in [0.1, 0.15) is 0 Å². The van der Waals surface area contributed by atoms with E-state index in [1.165, 1.54) is 31.1 Å². The molecule has 2 nitrogen and oxygen atoms in total. The molecule has 20 heavy (non-hydrogen) atoms. The number of fused-ring (bicyclic) bond motifs is 1. The molecule has 0 atom stereocenters. The lowest BCUT2D eigenvalue weighted by molar-refractivity contribution is 0.281. The molecule has 106 valence electrons. The quantitative estimate of drug-likeness (QED) is 0.901. The standard InChI is InChI=1S/C18H24N2/c1-14-6-8-15(9-7-14)12-19-13-17-11-10-16-4-2-3-5-18(16)20-17/h2-5,10-11,14-15,19H,6-9,12-13H2,1H3. The van der Waals surface area contributed by atoms with Gasteiger partial charge in [-0.3, -0.25) is 4.98 Å². The van der Waals surface area contributed by atoms with Crippen LogP contribution in [0.15, 0.2) is 36.4 Å². The molecule has 3 rings (SSSR count). The van der Waals surface area contributed by atoms with E-state index in [2.05, 4.69) is 48.6 Å². The largest absolute Gasteiger partial charge is 0.311 e. The maximum Gasteiger partial charge on any atom is 0.0705 e. The van der Waals surface area contributed by atoms with Crippen LogP contribution in [-0.4, -0.2) is 11.5 Å². The second-order valence-corrected chi connectivity index (χ2v) is 6.25. The smallest absolute Gasteiger partial charge is 0.0705 e. The average molecular weight is 268 g/mol. The summed E-state index contributed by atoms with van der Waals surface area (Å²) < 4.78 is 0. The van der Waals surface area contributed by atoms with E-state index in [1.807, 2.05) is 0 Å². The van der Waals surface area contributed by atoms with E-state index >= 15 is 0 Å². The van der Waals surface area contributed by atoms with Gasteiger partial charge in [0, 0.05) is 11.9 Å². The number of nitrogens with zero attached hydrogens (tertiary/aromatic N) is 1. The van der Waals surface area contributed by atoms with Crippen molar-refractivity contribution >= 4 is 10.9 Å². The molecular weight excluding hydrogens is 244 g/mol. The number of nitrogens with one attached hydrogen (secondary N) is 1. The molecule has 0 unspecified atom stereocenters. The molecule has 0 bridgehead atoms. The van der Waals surface area contributed by atoms with Crippen LogP contribution in [-0.2, 0) is 6.54 Å². The molecule has 2 heteroatoms. The third-order valence-corrected chi connectivity index (χ3v) is 4.53. The Hall–Kier alpha value is -1.41. The van der Waals surface area contributed by atoms with Crippen LogP contribution in [0.1, 0.15) is 38.3 Å². The normalized spacial score (nSPS) is 23.1. The van der Waals surface area contributed by atoms with Crippen LogP contribution in [0.5, 0.6) is 0 Å². The van der Waals surface area contributed by atoms with Gasteiger partial charge in [-0.05, 0) is 43.4 Å². The Morgan fingerprint density at radius 3 is 2.70 bits per heavy atom. The van der Waals surface area contributed by atoms with Crippen molar-refractivity contribution < 1.29 is 0 Å². The summed E-state index contributed by atoms with van der Waals surface area (Å²) in [5.41, 5.74) is 2.24. The van der Waals surface area contributed by atoms with Crippen molar-refractivity contribution in [2.24, 2.45) is 11.8 Å². The van der Waals surface area contributed by atoms with Gasteiger partial charge in [0.15, 0.2) is 0 Å². The zero-order valence-electron chi connectivity index (χ0n) is 12.3. The highest BCUT2D eigenvalue weighted by atomic mass is 14.9. The Bertz CT molecular complexity index is 556. The third kappa shape index (κ3) is 3.37. The Labute approximate surface area is 121 Å². The second kappa shape index (κ2) is 6.36. The molecule has 0 spiro atoms. The molecule has 1 aliphatic rings. The molecule has 1 aromatic carbocycles. The number of pyridine rings is 1. The molecular formula is C18H24N2. The molecule has 0 amide bonds. The number of rotatable bonds is 4. The molecule has 1 N–H and O–H groups in total. The number of para-hydroxylation sites is 1. The van der Waals surface area contributed by atoms with Crippen molar-refractivity contribution in [2.75, 3.05) is 6.54 Å². The third-order valence-electron chi connectivity index (χ3n) is 4.53. The minimum atomic E-state index is 0.867. The Balaban J connectivity index is 1.52. The van der Waals surface area contributed by atoms with Crippen molar-refractivity contribution in [3.8, 4) is 0 Å². The number of hydrogen-bond acceptors (Lipinski definition) is 2. The fourth-order valence-corrected chi connectivity index (χ4v) is 3.14. The van der Waals surface area contributed by atoms with Gasteiger partial charge < -0.3 is 5.32 Å². The van der Waals surface area contributed by atoms with Gasteiger partial charge in [0.25, 0.3) is 0 Å². The highest BCUT2D eigenvalue weighted by Gasteiger charge is 2.17. The molecule has 0 saturated heterocycles. The SMILES string of the molecule is CC1CCC(CNCc2ccc3ccccc3n2)CC1. The fraction of sp³-hybridized carbons (Fsp3) is 0.500. The highest BCUT2D eigenvalue weighted by molar-refractivity contribution is 5.78. The predicted octanol–water partition coefficient (Wildman–Crippen LogP) is 4.15. The van der Waals surface area contributed by atoms with E-state index in [4.69, 9.17) is 4.98 Å². The summed E-state index contributed by atoms with van der Waals surface area (Å²) in [5, 5.41) is 4.81. The monoisotopic (exact) mass is 268 g/mol. The van der Waals surface area contributed by atoms with Crippen LogP contribution in [0.25, 0.3) is 10.9 Å². The zero-order valence-corrected chi connectivity index (χ0v) is 12.3. The summed E-state index contributed by atoms with van der Waals surface area (Å²) in [4.78, 5) is 4.71. The fourth-order valence-electron chi connectivity index (χ4n) is 3.14. The lowest BCUT2D eigenvalue weighted by Gasteiger charge is -2.26. The maximum atomic E-state index is 4.71. The Morgan fingerprint density at radius 1 is 1.05 bits per heavy atom. The van der Waals surface area contributed by atoms with Gasteiger partial charge in [0.05, 0.1) is 11.2 Å². The summed E-state index contributed by atoms with van der Waals surface area (Å²) in [7, 11) is 0. The first-order valence-electron chi connectivity index (χ1n) is 7.86. The lowest BCUT2D eigenvalue weighted by Crippen LogP contribution is -2.26. The van der Waals surface area contributed by atoms with E-state index in [0.29, 0.717) is 0 Å².